The lowest BCUT2D eigenvalue weighted by atomic mass is 9.99. The standard InChI is InChI=1S/C21H25N3O2S2/c1-14-8-10-23(11-9-14)18(25)13-27-21-22-17-12-15(2)28-19(17)20(26)24(21)16-6-4-3-5-7-16/h3-7,14-15H,8-13H2,1-2H3/t15-/m1/s1. The van der Waals surface area contributed by atoms with Gasteiger partial charge in [0.25, 0.3) is 5.56 Å². The molecule has 0 saturated carbocycles. The van der Waals surface area contributed by atoms with E-state index in [1.54, 1.807) is 16.3 Å². The molecule has 1 fully saturated rings. The highest BCUT2D eigenvalue weighted by Crippen LogP contribution is 2.35. The maximum absolute atomic E-state index is 13.2. The fourth-order valence-electron chi connectivity index (χ4n) is 3.68. The Labute approximate surface area is 173 Å². The zero-order valence-corrected chi connectivity index (χ0v) is 17.9. The van der Waals surface area contributed by atoms with Crippen molar-refractivity contribution in [1.29, 1.82) is 0 Å². The van der Waals surface area contributed by atoms with Gasteiger partial charge in [0.1, 0.15) is 0 Å². The van der Waals surface area contributed by atoms with Crippen molar-refractivity contribution < 1.29 is 4.79 Å². The van der Waals surface area contributed by atoms with Gasteiger partial charge in [-0.3, -0.25) is 14.2 Å². The molecule has 0 unspecified atom stereocenters. The molecule has 148 valence electrons. The second kappa shape index (κ2) is 8.33. The second-order valence-corrected chi connectivity index (χ2v) is 10.0. The minimum atomic E-state index is -0.0210. The Kier molecular flexibility index (Phi) is 5.83. The molecule has 2 aliphatic rings. The van der Waals surface area contributed by atoms with Crippen molar-refractivity contribution in [1.82, 2.24) is 14.5 Å². The van der Waals surface area contributed by atoms with Crippen molar-refractivity contribution in [2.24, 2.45) is 5.92 Å². The number of hydrogen-bond acceptors (Lipinski definition) is 5. The predicted molar refractivity (Wildman–Crippen MR) is 115 cm³/mol. The van der Waals surface area contributed by atoms with Crippen LogP contribution in [0.1, 0.15) is 32.4 Å². The first-order valence-corrected chi connectivity index (χ1v) is 11.7. The molecule has 5 nitrogen and oxygen atoms in total. The smallest absolute Gasteiger partial charge is 0.272 e. The Balaban J connectivity index is 1.61. The number of carbonyl (C=O) groups excluding carboxylic acids is 1. The molecule has 3 heterocycles. The predicted octanol–water partition coefficient (Wildman–Crippen LogP) is 3.62. The molecule has 2 aliphatic heterocycles. The Morgan fingerprint density at radius 1 is 1.21 bits per heavy atom. The number of nitrogens with zero attached hydrogens (tertiary/aromatic N) is 3. The monoisotopic (exact) mass is 415 g/mol. The molecule has 0 spiro atoms. The SMILES string of the molecule is CC1CCN(C(=O)CSc2nc3c(c(=O)n2-c2ccccc2)S[C@H](C)C3)CC1. The van der Waals surface area contributed by atoms with Crippen molar-refractivity contribution in [2.45, 2.75) is 48.4 Å². The Hall–Kier alpha value is -1.73. The van der Waals surface area contributed by atoms with Crippen LogP contribution in [0.3, 0.4) is 0 Å². The number of fused-ring (bicyclic) bond motifs is 1. The van der Waals surface area contributed by atoms with Crippen LogP contribution in [-0.2, 0) is 11.2 Å². The van der Waals surface area contributed by atoms with Gasteiger partial charge in [0.2, 0.25) is 5.91 Å². The van der Waals surface area contributed by atoms with Crippen molar-refractivity contribution in [3.8, 4) is 5.69 Å². The number of thioether (sulfide) groups is 2. The van der Waals surface area contributed by atoms with Crippen LogP contribution in [0.2, 0.25) is 0 Å². The molecule has 7 heteroatoms. The average molecular weight is 416 g/mol. The van der Waals surface area contributed by atoms with E-state index in [9.17, 15) is 9.59 Å². The molecular formula is C21H25N3O2S2. The summed E-state index contributed by atoms with van der Waals surface area (Å²) in [7, 11) is 0. The maximum Gasteiger partial charge on any atom is 0.272 e. The van der Waals surface area contributed by atoms with E-state index in [0.29, 0.717) is 22.1 Å². The summed E-state index contributed by atoms with van der Waals surface area (Å²) in [5.74, 6) is 1.14. The van der Waals surface area contributed by atoms with Gasteiger partial charge < -0.3 is 4.90 Å². The summed E-state index contributed by atoms with van der Waals surface area (Å²) < 4.78 is 1.67. The molecule has 28 heavy (non-hydrogen) atoms. The minimum absolute atomic E-state index is 0.0210. The molecule has 0 N–H and O–H groups in total. The zero-order chi connectivity index (χ0) is 19.7. The van der Waals surface area contributed by atoms with Crippen LogP contribution >= 0.6 is 23.5 Å². The lowest BCUT2D eigenvalue weighted by molar-refractivity contribution is -0.129. The third kappa shape index (κ3) is 4.01. The Morgan fingerprint density at radius 3 is 2.64 bits per heavy atom. The third-order valence-electron chi connectivity index (χ3n) is 5.36. The molecule has 4 rings (SSSR count). The highest BCUT2D eigenvalue weighted by atomic mass is 32.2. The number of hydrogen-bond donors (Lipinski definition) is 0. The topological polar surface area (TPSA) is 55.2 Å². The summed E-state index contributed by atoms with van der Waals surface area (Å²) in [6, 6.07) is 9.59. The average Bonchev–Trinajstić information content (AvgIpc) is 3.08. The lowest BCUT2D eigenvalue weighted by Gasteiger charge is -2.30. The summed E-state index contributed by atoms with van der Waals surface area (Å²) in [4.78, 5) is 33.4. The molecule has 1 aromatic carbocycles. The van der Waals surface area contributed by atoms with E-state index in [1.165, 1.54) is 11.8 Å². The molecule has 1 atom stereocenters. The van der Waals surface area contributed by atoms with Crippen molar-refractivity contribution in [2.75, 3.05) is 18.8 Å². The number of para-hydroxylation sites is 1. The molecule has 2 aromatic rings. The fourth-order valence-corrected chi connectivity index (χ4v) is 5.71. The van der Waals surface area contributed by atoms with Gasteiger partial charge in [-0.1, -0.05) is 43.8 Å². The van der Waals surface area contributed by atoms with E-state index < -0.39 is 0 Å². The van der Waals surface area contributed by atoms with E-state index in [0.717, 1.165) is 48.6 Å². The van der Waals surface area contributed by atoms with Gasteiger partial charge in [-0.15, -0.1) is 11.8 Å². The summed E-state index contributed by atoms with van der Waals surface area (Å²) in [5, 5.41) is 0.972. The van der Waals surface area contributed by atoms with Gasteiger partial charge in [0.15, 0.2) is 5.16 Å². The normalized spacial score (nSPS) is 19.6. The lowest BCUT2D eigenvalue weighted by Crippen LogP contribution is -2.39. The number of carbonyl (C=O) groups is 1. The van der Waals surface area contributed by atoms with E-state index in [2.05, 4.69) is 13.8 Å². The number of rotatable bonds is 4. The van der Waals surface area contributed by atoms with Crippen LogP contribution < -0.4 is 5.56 Å². The van der Waals surface area contributed by atoms with Gasteiger partial charge in [-0.05, 0) is 30.9 Å². The first-order valence-electron chi connectivity index (χ1n) is 9.81. The fraction of sp³-hybridized carbons (Fsp3) is 0.476. The summed E-state index contributed by atoms with van der Waals surface area (Å²) >= 11 is 2.98. The first-order chi connectivity index (χ1) is 13.5. The van der Waals surface area contributed by atoms with Gasteiger partial charge in [-0.25, -0.2) is 4.98 Å². The molecule has 1 amide bonds. The molecule has 1 saturated heterocycles. The van der Waals surface area contributed by atoms with E-state index >= 15 is 0 Å². The highest BCUT2D eigenvalue weighted by Gasteiger charge is 2.27. The van der Waals surface area contributed by atoms with Crippen LogP contribution in [0.15, 0.2) is 45.2 Å². The number of aromatic nitrogens is 2. The van der Waals surface area contributed by atoms with Crippen molar-refractivity contribution in [3.05, 3.63) is 46.4 Å². The molecule has 1 aromatic heterocycles. The minimum Gasteiger partial charge on any atom is -0.342 e. The number of likely N-dealkylation sites (tertiary alicyclic amines) is 1. The maximum atomic E-state index is 13.2. The second-order valence-electron chi connectivity index (χ2n) is 7.63. The molecule has 0 radical (unpaired) electrons. The zero-order valence-electron chi connectivity index (χ0n) is 16.3. The Bertz CT molecular complexity index is 921. The summed E-state index contributed by atoms with van der Waals surface area (Å²) in [5.41, 5.74) is 1.65. The number of amides is 1. The van der Waals surface area contributed by atoms with Crippen LogP contribution in [0, 0.1) is 5.92 Å². The van der Waals surface area contributed by atoms with Crippen LogP contribution in [0.5, 0.6) is 0 Å². The summed E-state index contributed by atoms with van der Waals surface area (Å²) in [6.45, 7) is 6.02. The van der Waals surface area contributed by atoms with Crippen molar-refractivity contribution >= 4 is 29.4 Å². The number of benzene rings is 1. The highest BCUT2D eigenvalue weighted by molar-refractivity contribution is 8.00. The third-order valence-corrected chi connectivity index (χ3v) is 7.49. The van der Waals surface area contributed by atoms with Gasteiger partial charge in [0.05, 0.1) is 22.0 Å². The van der Waals surface area contributed by atoms with E-state index in [4.69, 9.17) is 4.98 Å². The van der Waals surface area contributed by atoms with Gasteiger partial charge >= 0.3 is 0 Å². The van der Waals surface area contributed by atoms with Crippen molar-refractivity contribution in [3.63, 3.8) is 0 Å². The Morgan fingerprint density at radius 2 is 1.93 bits per heavy atom. The van der Waals surface area contributed by atoms with Crippen LogP contribution in [0.4, 0.5) is 0 Å². The molecular weight excluding hydrogens is 390 g/mol. The molecule has 0 bridgehead atoms. The van der Waals surface area contributed by atoms with E-state index in [1.807, 2.05) is 35.2 Å². The van der Waals surface area contributed by atoms with Crippen LogP contribution in [0.25, 0.3) is 5.69 Å². The van der Waals surface area contributed by atoms with Gasteiger partial charge in [0, 0.05) is 24.8 Å². The quantitative estimate of drug-likeness (QED) is 0.564. The van der Waals surface area contributed by atoms with Gasteiger partial charge in [-0.2, -0.15) is 0 Å². The van der Waals surface area contributed by atoms with E-state index in [-0.39, 0.29) is 11.5 Å². The molecule has 0 aliphatic carbocycles. The summed E-state index contributed by atoms with van der Waals surface area (Å²) in [6.07, 6.45) is 2.94. The van der Waals surface area contributed by atoms with Crippen LogP contribution in [-0.4, -0.2) is 44.5 Å². The first kappa shape index (κ1) is 19.6. The largest absolute Gasteiger partial charge is 0.342 e. The number of piperidine rings is 1.